The lowest BCUT2D eigenvalue weighted by Crippen LogP contribution is -2.38. The number of likely N-dealkylation sites (tertiary alicyclic amines) is 1. The number of unbranched alkanes of at least 4 members (excludes halogenated alkanes) is 1. The second kappa shape index (κ2) is 7.13. The highest BCUT2D eigenvalue weighted by Crippen LogP contribution is 2.26. The molecule has 2 heterocycles. The van der Waals surface area contributed by atoms with Crippen molar-refractivity contribution in [2.75, 3.05) is 19.6 Å². The molecule has 0 amide bonds. The van der Waals surface area contributed by atoms with Crippen molar-refractivity contribution in [2.45, 2.75) is 38.7 Å². The fourth-order valence-electron chi connectivity index (χ4n) is 3.09. The van der Waals surface area contributed by atoms with Gasteiger partial charge < -0.3 is 14.6 Å². The van der Waals surface area contributed by atoms with Crippen LogP contribution in [0.25, 0.3) is 10.8 Å². The number of hydrogen-bond acceptors (Lipinski definition) is 3. The largest absolute Gasteiger partial charge is 0.487 e. The van der Waals surface area contributed by atoms with Gasteiger partial charge in [-0.25, -0.2) is 4.39 Å². The van der Waals surface area contributed by atoms with Crippen LogP contribution in [0.15, 0.2) is 29.2 Å². The normalized spacial score (nSPS) is 16.8. The van der Waals surface area contributed by atoms with Crippen molar-refractivity contribution in [2.24, 2.45) is 0 Å². The quantitative estimate of drug-likeness (QED) is 0.920. The lowest BCUT2D eigenvalue weighted by atomic mass is 10.1. The zero-order valence-corrected chi connectivity index (χ0v) is 13.5. The first-order chi connectivity index (χ1) is 11.2. The number of fused-ring (bicyclic) bond motifs is 1. The number of pyridine rings is 1. The Kier molecular flexibility index (Phi) is 4.96. The standard InChI is InChI=1S/C18H23FN2O2/c1-2-3-8-21-9-5-14(6-10-21)23-17-11-13-4-7-20-18(22)15(13)12-16(17)19/h4,7,11-12,14H,2-3,5-6,8-10H2,1H3,(H,20,22). The highest BCUT2D eigenvalue weighted by Gasteiger charge is 2.21. The molecule has 4 nitrogen and oxygen atoms in total. The summed E-state index contributed by atoms with van der Waals surface area (Å²) in [4.78, 5) is 16.7. The smallest absolute Gasteiger partial charge is 0.255 e. The average Bonchev–Trinajstić information content (AvgIpc) is 2.56. The first-order valence-electron chi connectivity index (χ1n) is 8.37. The van der Waals surface area contributed by atoms with Crippen LogP contribution in [0, 0.1) is 5.82 Å². The van der Waals surface area contributed by atoms with Crippen molar-refractivity contribution in [1.29, 1.82) is 0 Å². The summed E-state index contributed by atoms with van der Waals surface area (Å²) in [6.45, 7) is 5.33. The zero-order chi connectivity index (χ0) is 16.2. The van der Waals surface area contributed by atoms with Gasteiger partial charge in [0.15, 0.2) is 11.6 Å². The molecule has 0 radical (unpaired) electrons. The molecule has 0 unspecified atom stereocenters. The maximum atomic E-state index is 14.2. The molecule has 1 aliphatic heterocycles. The van der Waals surface area contributed by atoms with Crippen molar-refractivity contribution in [1.82, 2.24) is 9.88 Å². The third kappa shape index (κ3) is 3.72. The number of rotatable bonds is 5. The van der Waals surface area contributed by atoms with E-state index in [4.69, 9.17) is 4.74 Å². The van der Waals surface area contributed by atoms with Gasteiger partial charge in [0.1, 0.15) is 6.10 Å². The molecule has 1 aromatic carbocycles. The Bertz CT molecular complexity index is 721. The van der Waals surface area contributed by atoms with Gasteiger partial charge in [-0.15, -0.1) is 0 Å². The summed E-state index contributed by atoms with van der Waals surface area (Å²) >= 11 is 0. The fraction of sp³-hybridized carbons (Fsp3) is 0.500. The van der Waals surface area contributed by atoms with Crippen LogP contribution in [-0.4, -0.2) is 35.6 Å². The third-order valence-electron chi connectivity index (χ3n) is 4.48. The van der Waals surface area contributed by atoms with Gasteiger partial charge in [0.2, 0.25) is 0 Å². The van der Waals surface area contributed by atoms with E-state index in [1.165, 1.54) is 18.9 Å². The van der Waals surface area contributed by atoms with E-state index in [2.05, 4.69) is 16.8 Å². The molecule has 124 valence electrons. The molecule has 0 aliphatic carbocycles. The maximum Gasteiger partial charge on any atom is 0.255 e. The Morgan fingerprint density at radius 3 is 2.87 bits per heavy atom. The predicted molar refractivity (Wildman–Crippen MR) is 89.5 cm³/mol. The van der Waals surface area contributed by atoms with Gasteiger partial charge in [-0.3, -0.25) is 4.79 Å². The number of halogens is 1. The molecule has 1 aromatic heterocycles. The molecular formula is C18H23FN2O2. The second-order valence-electron chi connectivity index (χ2n) is 6.19. The van der Waals surface area contributed by atoms with E-state index in [0.717, 1.165) is 32.5 Å². The summed E-state index contributed by atoms with van der Waals surface area (Å²) in [5, 5.41) is 1.05. The monoisotopic (exact) mass is 318 g/mol. The van der Waals surface area contributed by atoms with E-state index < -0.39 is 5.82 Å². The number of piperidine rings is 1. The molecule has 1 N–H and O–H groups in total. The SMILES string of the molecule is CCCCN1CCC(Oc2cc3cc[nH]c(=O)c3cc2F)CC1. The lowest BCUT2D eigenvalue weighted by Gasteiger charge is -2.32. The van der Waals surface area contributed by atoms with Crippen LogP contribution in [-0.2, 0) is 0 Å². The summed E-state index contributed by atoms with van der Waals surface area (Å²) in [7, 11) is 0. The van der Waals surface area contributed by atoms with Crippen molar-refractivity contribution in [3.63, 3.8) is 0 Å². The maximum absolute atomic E-state index is 14.2. The Hall–Kier alpha value is -1.88. The summed E-state index contributed by atoms with van der Waals surface area (Å²) in [5.74, 6) is -0.224. The topological polar surface area (TPSA) is 45.3 Å². The molecule has 1 fully saturated rings. The van der Waals surface area contributed by atoms with E-state index in [-0.39, 0.29) is 17.4 Å². The number of hydrogen-bond donors (Lipinski definition) is 1. The fourth-order valence-corrected chi connectivity index (χ4v) is 3.09. The number of benzene rings is 1. The Balaban J connectivity index is 1.68. The minimum atomic E-state index is -0.470. The second-order valence-corrected chi connectivity index (χ2v) is 6.19. The minimum Gasteiger partial charge on any atom is -0.487 e. The first kappa shape index (κ1) is 16.0. The van der Waals surface area contributed by atoms with Crippen LogP contribution in [0.1, 0.15) is 32.6 Å². The van der Waals surface area contributed by atoms with Gasteiger partial charge in [-0.1, -0.05) is 13.3 Å². The van der Waals surface area contributed by atoms with Gasteiger partial charge in [0.25, 0.3) is 5.56 Å². The molecule has 0 atom stereocenters. The van der Waals surface area contributed by atoms with Gasteiger partial charge in [-0.2, -0.15) is 0 Å². The van der Waals surface area contributed by atoms with Crippen LogP contribution >= 0.6 is 0 Å². The van der Waals surface area contributed by atoms with Gasteiger partial charge in [0.05, 0.1) is 5.39 Å². The van der Waals surface area contributed by atoms with Crippen LogP contribution in [0.4, 0.5) is 4.39 Å². The zero-order valence-electron chi connectivity index (χ0n) is 13.5. The molecular weight excluding hydrogens is 295 g/mol. The molecule has 23 heavy (non-hydrogen) atoms. The third-order valence-corrected chi connectivity index (χ3v) is 4.48. The summed E-state index contributed by atoms with van der Waals surface area (Å²) in [6, 6.07) is 4.65. The molecule has 5 heteroatoms. The average molecular weight is 318 g/mol. The molecule has 0 spiro atoms. The number of aromatic nitrogens is 1. The van der Waals surface area contributed by atoms with Gasteiger partial charge in [0, 0.05) is 19.3 Å². The lowest BCUT2D eigenvalue weighted by molar-refractivity contribution is 0.0966. The summed E-state index contributed by atoms with van der Waals surface area (Å²) < 4.78 is 20.1. The van der Waals surface area contributed by atoms with E-state index in [1.54, 1.807) is 18.3 Å². The minimum absolute atomic E-state index is 0.0434. The molecule has 0 saturated carbocycles. The Morgan fingerprint density at radius 2 is 2.13 bits per heavy atom. The number of ether oxygens (including phenoxy) is 1. The van der Waals surface area contributed by atoms with Crippen molar-refractivity contribution >= 4 is 10.8 Å². The predicted octanol–water partition coefficient (Wildman–Crippen LogP) is 3.31. The van der Waals surface area contributed by atoms with E-state index in [0.29, 0.717) is 10.8 Å². The van der Waals surface area contributed by atoms with E-state index in [1.807, 2.05) is 0 Å². The molecule has 1 aliphatic rings. The Labute approximate surface area is 135 Å². The molecule has 1 saturated heterocycles. The number of nitrogens with one attached hydrogen (secondary N) is 1. The molecule has 3 rings (SSSR count). The first-order valence-corrected chi connectivity index (χ1v) is 8.37. The van der Waals surface area contributed by atoms with Gasteiger partial charge >= 0.3 is 0 Å². The van der Waals surface area contributed by atoms with Crippen molar-refractivity contribution < 1.29 is 9.13 Å². The van der Waals surface area contributed by atoms with Crippen LogP contribution in [0.3, 0.4) is 0 Å². The van der Waals surface area contributed by atoms with Crippen molar-refractivity contribution in [3.8, 4) is 5.75 Å². The summed E-state index contributed by atoms with van der Waals surface area (Å²) in [5.41, 5.74) is -0.280. The van der Waals surface area contributed by atoms with Crippen LogP contribution in [0.2, 0.25) is 0 Å². The number of nitrogens with zero attached hydrogens (tertiary/aromatic N) is 1. The van der Waals surface area contributed by atoms with Gasteiger partial charge in [-0.05, 0) is 49.4 Å². The highest BCUT2D eigenvalue weighted by atomic mass is 19.1. The number of H-pyrrole nitrogens is 1. The van der Waals surface area contributed by atoms with Crippen LogP contribution in [0.5, 0.6) is 5.75 Å². The highest BCUT2D eigenvalue weighted by molar-refractivity contribution is 5.82. The summed E-state index contributed by atoms with van der Waals surface area (Å²) in [6.07, 6.45) is 5.87. The van der Waals surface area contributed by atoms with Crippen LogP contribution < -0.4 is 10.3 Å². The van der Waals surface area contributed by atoms with E-state index >= 15 is 0 Å². The van der Waals surface area contributed by atoms with Crippen molar-refractivity contribution in [3.05, 3.63) is 40.6 Å². The van der Waals surface area contributed by atoms with E-state index in [9.17, 15) is 9.18 Å². The molecule has 0 bridgehead atoms. The Morgan fingerprint density at radius 1 is 1.35 bits per heavy atom. The number of aromatic amines is 1. The molecule has 2 aromatic rings.